The average molecular weight is 365 g/mol. The van der Waals surface area contributed by atoms with E-state index in [2.05, 4.69) is 52.2 Å². The van der Waals surface area contributed by atoms with Crippen molar-refractivity contribution in [3.8, 4) is 6.07 Å². The number of ether oxygens (including phenoxy) is 1. The van der Waals surface area contributed by atoms with Gasteiger partial charge in [0.15, 0.2) is 0 Å². The van der Waals surface area contributed by atoms with E-state index in [-0.39, 0.29) is 12.2 Å². The van der Waals surface area contributed by atoms with Crippen molar-refractivity contribution in [3.05, 3.63) is 36.0 Å². The van der Waals surface area contributed by atoms with E-state index in [1.165, 1.54) is 0 Å². The molecular formula is C21H27N5O. The molecule has 0 spiro atoms. The Hall–Kier alpha value is -2.20. The molecule has 0 amide bonds. The minimum absolute atomic E-state index is 0.173. The molecule has 6 heteroatoms. The highest BCUT2D eigenvalue weighted by molar-refractivity contribution is 5.95. The molecule has 2 fully saturated rings. The Morgan fingerprint density at radius 1 is 1.26 bits per heavy atom. The number of nitrogens with one attached hydrogen (secondary N) is 1. The molecule has 2 saturated heterocycles. The number of nitriles is 1. The maximum absolute atomic E-state index is 9.39. The lowest BCUT2D eigenvalue weighted by Crippen LogP contribution is -2.55. The Balaban J connectivity index is 1.57. The van der Waals surface area contributed by atoms with Crippen molar-refractivity contribution in [1.29, 1.82) is 5.26 Å². The number of pyridine rings is 1. The zero-order valence-corrected chi connectivity index (χ0v) is 16.1. The largest absolute Gasteiger partial charge is 0.370 e. The summed E-state index contributed by atoms with van der Waals surface area (Å²) in [5.41, 5.74) is 2.55. The Kier molecular flexibility index (Phi) is 5.26. The van der Waals surface area contributed by atoms with Crippen LogP contribution in [0.1, 0.15) is 19.4 Å². The fourth-order valence-electron chi connectivity index (χ4n) is 4.33. The highest BCUT2D eigenvalue weighted by Crippen LogP contribution is 2.30. The normalized spacial score (nSPS) is 26.9. The van der Waals surface area contributed by atoms with Crippen LogP contribution in [0.4, 0.5) is 5.69 Å². The molecule has 1 N–H and O–H groups in total. The summed E-state index contributed by atoms with van der Waals surface area (Å²) in [6.07, 6.45) is 2.11. The van der Waals surface area contributed by atoms with Crippen LogP contribution in [0.25, 0.3) is 10.9 Å². The third-order valence-corrected chi connectivity index (χ3v) is 5.45. The van der Waals surface area contributed by atoms with Gasteiger partial charge in [-0.05, 0) is 38.1 Å². The first-order valence-electron chi connectivity index (χ1n) is 9.78. The molecule has 0 saturated carbocycles. The fraction of sp³-hybridized carbons (Fsp3) is 0.524. The molecule has 142 valence electrons. The molecule has 2 aliphatic rings. The van der Waals surface area contributed by atoms with Gasteiger partial charge in [-0.15, -0.1) is 0 Å². The maximum atomic E-state index is 9.39. The summed E-state index contributed by atoms with van der Waals surface area (Å²) in [7, 11) is 0. The number of nitrogens with zero attached hydrogens (tertiary/aromatic N) is 4. The van der Waals surface area contributed by atoms with Crippen LogP contribution in [0.2, 0.25) is 0 Å². The summed E-state index contributed by atoms with van der Waals surface area (Å²) in [5.74, 6) is 0. The van der Waals surface area contributed by atoms with Gasteiger partial charge in [0.25, 0.3) is 0 Å². The van der Waals surface area contributed by atoms with Crippen LogP contribution >= 0.6 is 0 Å². The Morgan fingerprint density at radius 2 is 2.15 bits per heavy atom. The first-order chi connectivity index (χ1) is 13.1. The minimum Gasteiger partial charge on any atom is -0.370 e. The second-order valence-corrected chi connectivity index (χ2v) is 7.73. The van der Waals surface area contributed by atoms with Gasteiger partial charge in [0.1, 0.15) is 6.07 Å². The molecular weight excluding hydrogens is 338 g/mol. The third-order valence-electron chi connectivity index (χ3n) is 5.45. The van der Waals surface area contributed by atoms with Gasteiger partial charge in [-0.25, -0.2) is 0 Å². The van der Waals surface area contributed by atoms with E-state index >= 15 is 0 Å². The highest BCUT2D eigenvalue weighted by atomic mass is 16.5. The number of anilines is 1. The molecule has 6 nitrogen and oxygen atoms in total. The van der Waals surface area contributed by atoms with Gasteiger partial charge >= 0.3 is 0 Å². The smallest absolute Gasteiger partial charge is 0.101 e. The predicted molar refractivity (Wildman–Crippen MR) is 107 cm³/mol. The van der Waals surface area contributed by atoms with E-state index in [9.17, 15) is 5.26 Å². The molecule has 2 aliphatic heterocycles. The van der Waals surface area contributed by atoms with E-state index < -0.39 is 0 Å². The number of benzene rings is 1. The molecule has 3 atom stereocenters. The van der Waals surface area contributed by atoms with Gasteiger partial charge in [-0.2, -0.15) is 5.26 Å². The molecule has 0 unspecified atom stereocenters. The van der Waals surface area contributed by atoms with Crippen LogP contribution in [0.3, 0.4) is 0 Å². The summed E-state index contributed by atoms with van der Waals surface area (Å²) in [6, 6.07) is 10.7. The van der Waals surface area contributed by atoms with Crippen LogP contribution in [0.15, 0.2) is 30.5 Å². The van der Waals surface area contributed by atoms with E-state index in [0.717, 1.165) is 55.9 Å². The zero-order valence-electron chi connectivity index (χ0n) is 16.1. The molecule has 1 aromatic heterocycles. The number of hydrogen-bond donors (Lipinski definition) is 1. The van der Waals surface area contributed by atoms with Crippen LogP contribution in [-0.4, -0.2) is 67.4 Å². The van der Waals surface area contributed by atoms with Gasteiger partial charge in [-0.3, -0.25) is 9.88 Å². The van der Waals surface area contributed by atoms with E-state index in [1.807, 2.05) is 12.1 Å². The Morgan fingerprint density at radius 3 is 2.96 bits per heavy atom. The van der Waals surface area contributed by atoms with Crippen molar-refractivity contribution in [1.82, 2.24) is 15.2 Å². The van der Waals surface area contributed by atoms with Crippen LogP contribution in [0.5, 0.6) is 0 Å². The van der Waals surface area contributed by atoms with Crippen molar-refractivity contribution in [2.24, 2.45) is 0 Å². The minimum atomic E-state index is 0.173. The maximum Gasteiger partial charge on any atom is 0.101 e. The lowest BCUT2D eigenvalue weighted by atomic mass is 10.1. The molecule has 4 rings (SSSR count). The standard InChI is InChI=1S/C21H27N5O/c1-15-11-25(9-8-23-15)13-18-14-26(12-16(2)27-18)20-6-5-17(10-22)21-19(20)4-3-7-24-21/h3-7,15-16,18,23H,8-9,11-14H2,1-2H3/t15-,16+,18-/m0/s1. The molecule has 3 heterocycles. The topological polar surface area (TPSA) is 64.4 Å². The number of fused-ring (bicyclic) bond motifs is 1. The second-order valence-electron chi connectivity index (χ2n) is 7.73. The van der Waals surface area contributed by atoms with Crippen LogP contribution in [-0.2, 0) is 4.74 Å². The number of morpholine rings is 1. The van der Waals surface area contributed by atoms with Crippen molar-refractivity contribution in [3.63, 3.8) is 0 Å². The lowest BCUT2D eigenvalue weighted by Gasteiger charge is -2.41. The summed E-state index contributed by atoms with van der Waals surface area (Å²) in [6.45, 7) is 10.2. The van der Waals surface area contributed by atoms with Crippen molar-refractivity contribution >= 4 is 16.6 Å². The van der Waals surface area contributed by atoms with Crippen molar-refractivity contribution in [2.75, 3.05) is 44.2 Å². The van der Waals surface area contributed by atoms with Gasteiger partial charge < -0.3 is 15.0 Å². The Labute approximate surface area is 160 Å². The highest BCUT2D eigenvalue weighted by Gasteiger charge is 2.29. The molecule has 27 heavy (non-hydrogen) atoms. The van der Waals surface area contributed by atoms with Gasteiger partial charge in [0.2, 0.25) is 0 Å². The predicted octanol–water partition coefficient (Wildman–Crippen LogP) is 1.99. The molecule has 0 bridgehead atoms. The lowest BCUT2D eigenvalue weighted by molar-refractivity contribution is -0.0349. The summed E-state index contributed by atoms with van der Waals surface area (Å²) in [4.78, 5) is 9.35. The quantitative estimate of drug-likeness (QED) is 0.898. The van der Waals surface area contributed by atoms with Crippen LogP contribution in [0, 0.1) is 11.3 Å². The van der Waals surface area contributed by atoms with E-state index in [0.29, 0.717) is 11.6 Å². The summed E-state index contributed by atoms with van der Waals surface area (Å²) < 4.78 is 6.26. The fourth-order valence-corrected chi connectivity index (χ4v) is 4.33. The van der Waals surface area contributed by atoms with Gasteiger partial charge in [0.05, 0.1) is 23.3 Å². The first kappa shape index (κ1) is 18.2. The molecule has 1 aromatic carbocycles. The van der Waals surface area contributed by atoms with E-state index in [1.54, 1.807) is 6.20 Å². The first-order valence-corrected chi connectivity index (χ1v) is 9.78. The Bertz CT molecular complexity index is 848. The molecule has 0 aliphatic carbocycles. The van der Waals surface area contributed by atoms with Gasteiger partial charge in [-0.1, -0.05) is 0 Å². The monoisotopic (exact) mass is 365 g/mol. The van der Waals surface area contributed by atoms with Crippen molar-refractivity contribution < 1.29 is 4.74 Å². The molecule has 2 aromatic rings. The number of rotatable bonds is 3. The molecule has 0 radical (unpaired) electrons. The van der Waals surface area contributed by atoms with E-state index in [4.69, 9.17) is 4.74 Å². The third kappa shape index (κ3) is 3.91. The van der Waals surface area contributed by atoms with Crippen LogP contribution < -0.4 is 10.2 Å². The van der Waals surface area contributed by atoms with Crippen molar-refractivity contribution in [2.45, 2.75) is 32.1 Å². The number of piperazine rings is 1. The SMILES string of the molecule is C[C@@H]1CN(c2ccc(C#N)c3ncccc23)C[C@H](CN2CCN[C@@H](C)C2)O1. The number of aromatic nitrogens is 1. The average Bonchev–Trinajstić information content (AvgIpc) is 2.66. The van der Waals surface area contributed by atoms with Gasteiger partial charge in [0, 0.05) is 62.6 Å². The second kappa shape index (κ2) is 7.81. The summed E-state index contributed by atoms with van der Waals surface area (Å²) in [5, 5.41) is 13.9. The summed E-state index contributed by atoms with van der Waals surface area (Å²) >= 11 is 0. The number of hydrogen-bond acceptors (Lipinski definition) is 6. The zero-order chi connectivity index (χ0) is 18.8.